The van der Waals surface area contributed by atoms with Gasteiger partial charge in [-0.05, 0) is 110 Å². The zero-order chi connectivity index (χ0) is 40.1. The number of thiophene rings is 1. The molecular weight excluding hydrogens is 787 g/mol. The van der Waals surface area contributed by atoms with Crippen molar-refractivity contribution in [3.63, 3.8) is 0 Å². The van der Waals surface area contributed by atoms with Crippen LogP contribution in [0.25, 0.3) is 11.3 Å². The highest BCUT2D eigenvalue weighted by molar-refractivity contribution is 7.91. The molecule has 2 aromatic heterocycles. The summed E-state index contributed by atoms with van der Waals surface area (Å²) in [6.45, 7) is 4.70. The van der Waals surface area contributed by atoms with Crippen molar-refractivity contribution in [2.75, 3.05) is 26.8 Å². The summed E-state index contributed by atoms with van der Waals surface area (Å²) < 4.78 is 82.1. The fourth-order valence-corrected chi connectivity index (χ4v) is 14.6. The van der Waals surface area contributed by atoms with E-state index in [2.05, 4.69) is 19.1 Å². The van der Waals surface area contributed by atoms with Gasteiger partial charge in [0.2, 0.25) is 5.78 Å². The number of ketones is 1. The summed E-state index contributed by atoms with van der Waals surface area (Å²) in [5, 5.41) is 25.8. The fourth-order valence-electron chi connectivity index (χ4n) is 11.7. The van der Waals surface area contributed by atoms with Crippen LogP contribution in [0.15, 0.2) is 80.3 Å². The highest BCUT2D eigenvalue weighted by Crippen LogP contribution is 2.78. The standard InChI is InChI=1S/C42H47ClF3NO7S2/c1-37-14-11-27(48)23-39(37)17-18-41(29(24-39)36(49)32-10-9-31(54-32)28-22-26(42(44,45)46)7-8-30(28)43)33(37)12-15-38(2)34(41)13-16-40(38,50)25-47(19-5-20-53-3)56(51,52)35-6-4-21-55-35/h4,6-10,17-18,21-22,24,27,33-34,48,50H,5,11-16,19-20,23,25H2,1-3H3. The van der Waals surface area contributed by atoms with Crippen LogP contribution in [-0.2, 0) is 20.9 Å². The maximum atomic E-state index is 15.1. The van der Waals surface area contributed by atoms with Gasteiger partial charge in [0.15, 0.2) is 5.76 Å². The van der Waals surface area contributed by atoms with Crippen molar-refractivity contribution in [3.05, 3.63) is 88.0 Å². The van der Waals surface area contributed by atoms with Crippen molar-refractivity contribution in [2.24, 2.45) is 33.5 Å². The third-order valence-corrected chi connectivity index (χ3v) is 18.2. The summed E-state index contributed by atoms with van der Waals surface area (Å²) in [6.07, 6.45) is 5.50. The van der Waals surface area contributed by atoms with Crippen LogP contribution in [-0.4, -0.2) is 67.2 Å². The highest BCUT2D eigenvalue weighted by Gasteiger charge is 2.74. The first-order valence-electron chi connectivity index (χ1n) is 19.2. The summed E-state index contributed by atoms with van der Waals surface area (Å²) in [6, 6.07) is 9.15. The van der Waals surface area contributed by atoms with Crippen molar-refractivity contribution < 1.29 is 45.8 Å². The van der Waals surface area contributed by atoms with Gasteiger partial charge in [0.25, 0.3) is 10.0 Å². The van der Waals surface area contributed by atoms with Gasteiger partial charge in [-0.1, -0.05) is 49.7 Å². The van der Waals surface area contributed by atoms with E-state index in [9.17, 15) is 31.8 Å². The Morgan fingerprint density at radius 3 is 2.50 bits per heavy atom. The monoisotopic (exact) mass is 833 g/mol. The lowest BCUT2D eigenvalue weighted by Gasteiger charge is -2.71. The van der Waals surface area contributed by atoms with Gasteiger partial charge < -0.3 is 19.4 Å². The molecule has 8 nitrogen and oxygen atoms in total. The molecule has 2 heterocycles. The van der Waals surface area contributed by atoms with E-state index in [4.69, 9.17) is 20.8 Å². The van der Waals surface area contributed by atoms with E-state index >= 15 is 4.79 Å². The third-order valence-electron chi connectivity index (χ3n) is 14.6. The largest absolute Gasteiger partial charge is 0.453 e. The van der Waals surface area contributed by atoms with Crippen LogP contribution >= 0.6 is 22.9 Å². The van der Waals surface area contributed by atoms with Gasteiger partial charge in [-0.25, -0.2) is 8.42 Å². The zero-order valence-electron chi connectivity index (χ0n) is 31.6. The van der Waals surface area contributed by atoms with Crippen LogP contribution in [0.5, 0.6) is 0 Å². The predicted molar refractivity (Wildman–Crippen MR) is 207 cm³/mol. The number of hydrogen-bond donors (Lipinski definition) is 2. The molecule has 8 unspecified atom stereocenters. The second-order valence-electron chi connectivity index (χ2n) is 17.1. The van der Waals surface area contributed by atoms with E-state index in [0.717, 1.165) is 36.0 Å². The maximum absolute atomic E-state index is 15.1. The van der Waals surface area contributed by atoms with Crippen molar-refractivity contribution in [1.29, 1.82) is 0 Å². The van der Waals surface area contributed by atoms with Crippen LogP contribution < -0.4 is 0 Å². The minimum Gasteiger partial charge on any atom is -0.453 e. The first kappa shape index (κ1) is 40.0. The molecule has 3 fully saturated rings. The van der Waals surface area contributed by atoms with Gasteiger partial charge in [-0.3, -0.25) is 4.79 Å². The fraction of sp³-hybridized carbons (Fsp3) is 0.548. The second kappa shape index (κ2) is 13.6. The number of allylic oxidation sites excluding steroid dienone is 4. The lowest BCUT2D eigenvalue weighted by molar-refractivity contribution is -0.173. The number of Topliss-reactive ketones (excluding diaryl/α,β-unsaturated/α-hetero) is 1. The molecule has 302 valence electrons. The van der Waals surface area contributed by atoms with Crippen LogP contribution in [0.3, 0.4) is 0 Å². The number of methoxy groups -OCH3 is 1. The number of carbonyl (C=O) groups excluding carboxylic acids is 1. The number of benzene rings is 1. The Morgan fingerprint density at radius 2 is 1.79 bits per heavy atom. The van der Waals surface area contributed by atoms with Gasteiger partial charge >= 0.3 is 6.18 Å². The van der Waals surface area contributed by atoms with Crippen molar-refractivity contribution in [1.82, 2.24) is 4.31 Å². The highest BCUT2D eigenvalue weighted by atomic mass is 35.5. The Hall–Kier alpha value is -2.78. The van der Waals surface area contributed by atoms with E-state index in [1.54, 1.807) is 24.6 Å². The molecule has 6 aliphatic carbocycles. The Morgan fingerprint density at radius 1 is 1.05 bits per heavy atom. The molecule has 0 radical (unpaired) electrons. The number of aliphatic hydroxyl groups excluding tert-OH is 1. The zero-order valence-corrected chi connectivity index (χ0v) is 34.0. The number of alkyl halides is 3. The number of nitrogens with zero attached hydrogens (tertiary/aromatic N) is 1. The summed E-state index contributed by atoms with van der Waals surface area (Å²) in [4.78, 5) is 15.1. The average molecular weight is 834 g/mol. The van der Waals surface area contributed by atoms with E-state index in [1.807, 2.05) is 13.0 Å². The van der Waals surface area contributed by atoms with E-state index in [1.165, 1.54) is 16.4 Å². The lowest BCUT2D eigenvalue weighted by atomic mass is 9.32. The number of carbonyl (C=O) groups is 1. The molecule has 2 N–H and O–H groups in total. The molecule has 9 rings (SSSR count). The molecule has 0 saturated heterocycles. The average Bonchev–Trinajstić information content (AvgIpc) is 3.92. The summed E-state index contributed by atoms with van der Waals surface area (Å²) in [7, 11) is -2.38. The number of halogens is 4. The topological polar surface area (TPSA) is 117 Å². The number of sulfonamides is 1. The predicted octanol–water partition coefficient (Wildman–Crippen LogP) is 9.18. The molecule has 56 heavy (non-hydrogen) atoms. The first-order valence-corrected chi connectivity index (χ1v) is 21.9. The van der Waals surface area contributed by atoms with Crippen molar-refractivity contribution in [3.8, 4) is 11.3 Å². The molecule has 2 spiro atoms. The van der Waals surface area contributed by atoms with Gasteiger partial charge in [0, 0.05) is 54.2 Å². The SMILES string of the molecule is COCCCN(CC1(O)CCC2C34C=CC5(C=C3C(=O)c3ccc(-c6cc(C(F)(F)F)ccc6Cl)o3)CC(O)CCC5(C)C4CCC21C)S(=O)(=O)c1cccs1. The molecule has 3 saturated carbocycles. The molecule has 3 aromatic rings. The van der Waals surface area contributed by atoms with Crippen LogP contribution in [0.1, 0.15) is 81.3 Å². The summed E-state index contributed by atoms with van der Waals surface area (Å²) >= 11 is 7.50. The molecule has 0 amide bonds. The number of aliphatic hydroxyl groups is 2. The molecule has 1 aromatic carbocycles. The number of fused-ring (bicyclic) bond motifs is 1. The Balaban J connectivity index is 1.21. The number of furan rings is 1. The van der Waals surface area contributed by atoms with E-state index in [-0.39, 0.29) is 56.7 Å². The lowest BCUT2D eigenvalue weighted by Crippen LogP contribution is -2.67. The molecular formula is C42H47ClF3NO7S2. The molecule has 8 atom stereocenters. The quantitative estimate of drug-likeness (QED) is 0.112. The number of hydrogen-bond acceptors (Lipinski definition) is 8. The Labute approximate surface area is 334 Å². The second-order valence-corrected chi connectivity index (χ2v) is 20.6. The molecule has 14 heteroatoms. The van der Waals surface area contributed by atoms with Crippen molar-refractivity contribution in [2.45, 2.75) is 87.3 Å². The smallest absolute Gasteiger partial charge is 0.416 e. The first-order chi connectivity index (χ1) is 26.4. The Kier molecular flexibility index (Phi) is 9.75. The van der Waals surface area contributed by atoms with Gasteiger partial charge in [-0.15, -0.1) is 11.3 Å². The normalized spacial score (nSPS) is 35.0. The van der Waals surface area contributed by atoms with E-state index < -0.39 is 55.5 Å². The summed E-state index contributed by atoms with van der Waals surface area (Å²) in [5.41, 5.74) is -4.47. The molecule has 2 bridgehead atoms. The van der Waals surface area contributed by atoms with Crippen LogP contribution in [0.4, 0.5) is 13.2 Å². The van der Waals surface area contributed by atoms with Gasteiger partial charge in [0.1, 0.15) is 9.97 Å². The van der Waals surface area contributed by atoms with Gasteiger partial charge in [0.05, 0.1) is 22.3 Å². The third kappa shape index (κ3) is 5.80. The minimum absolute atomic E-state index is 0.0100. The van der Waals surface area contributed by atoms with E-state index in [0.29, 0.717) is 57.1 Å². The van der Waals surface area contributed by atoms with Crippen LogP contribution in [0.2, 0.25) is 5.02 Å². The molecule has 0 aliphatic heterocycles. The van der Waals surface area contributed by atoms with Crippen LogP contribution in [0, 0.1) is 33.5 Å². The Bertz CT molecular complexity index is 2200. The number of ether oxygens (including phenoxy) is 1. The minimum atomic E-state index is -4.61. The van der Waals surface area contributed by atoms with Crippen molar-refractivity contribution >= 4 is 38.7 Å². The number of rotatable bonds is 11. The maximum Gasteiger partial charge on any atom is 0.416 e. The molecule has 6 aliphatic rings. The summed E-state index contributed by atoms with van der Waals surface area (Å²) in [5.74, 6) is -0.746. The van der Waals surface area contributed by atoms with Gasteiger partial charge in [-0.2, -0.15) is 17.5 Å².